The van der Waals surface area contributed by atoms with Crippen molar-refractivity contribution in [2.45, 2.75) is 49.6 Å². The van der Waals surface area contributed by atoms with Gasteiger partial charge in [0, 0.05) is 38.3 Å². The van der Waals surface area contributed by atoms with E-state index < -0.39 is 0 Å². The number of hydrogen-bond acceptors (Lipinski definition) is 6. The van der Waals surface area contributed by atoms with Crippen LogP contribution in [-0.4, -0.2) is 59.6 Å². The molecule has 31 heavy (non-hydrogen) atoms. The molecule has 1 aliphatic carbocycles. The summed E-state index contributed by atoms with van der Waals surface area (Å²) in [5.41, 5.74) is 1.31. The second-order valence-electron chi connectivity index (χ2n) is 8.01. The van der Waals surface area contributed by atoms with Crippen LogP contribution in [-0.2, 0) is 11.3 Å². The number of rotatable bonds is 8. The highest BCUT2D eigenvalue weighted by Crippen LogP contribution is 2.25. The van der Waals surface area contributed by atoms with Crippen LogP contribution in [0.1, 0.15) is 48.2 Å². The normalized spacial score (nSPS) is 14.2. The smallest absolute Gasteiger partial charge is 0.252 e. The topological polar surface area (TPSA) is 78.4 Å². The first-order valence-corrected chi connectivity index (χ1v) is 11.7. The monoisotopic (exact) mass is 441 g/mol. The van der Waals surface area contributed by atoms with Crippen LogP contribution < -0.4 is 10.2 Å². The van der Waals surface area contributed by atoms with Crippen LogP contribution in [0.4, 0.5) is 5.95 Å². The van der Waals surface area contributed by atoms with Gasteiger partial charge < -0.3 is 15.1 Å². The molecule has 3 rings (SSSR count). The summed E-state index contributed by atoms with van der Waals surface area (Å²) in [4.78, 5) is 38.6. The van der Waals surface area contributed by atoms with Gasteiger partial charge in [0.25, 0.3) is 5.91 Å². The number of thioether (sulfide) groups is 1. The standard InChI is InChI=1S/C23H31N5O2S/c1-27(2)23-24-14-13-17(26-23)15-25-22(30)19-11-7-8-12-20(19)31-16-21(29)28(3)18-9-5-4-6-10-18/h7-8,11-14,18H,4-6,9-10,15-16H2,1-3H3,(H,25,30). The Hall–Kier alpha value is -2.61. The Morgan fingerprint density at radius 1 is 1.10 bits per heavy atom. The van der Waals surface area contributed by atoms with Gasteiger partial charge in [0.2, 0.25) is 11.9 Å². The fourth-order valence-electron chi connectivity index (χ4n) is 3.66. The van der Waals surface area contributed by atoms with Crippen LogP contribution in [0.3, 0.4) is 0 Å². The summed E-state index contributed by atoms with van der Waals surface area (Å²) < 4.78 is 0. The quantitative estimate of drug-likeness (QED) is 0.633. The Labute approximate surface area is 188 Å². The van der Waals surface area contributed by atoms with E-state index in [2.05, 4.69) is 15.3 Å². The van der Waals surface area contributed by atoms with Gasteiger partial charge in [0.1, 0.15) is 0 Å². The molecule has 1 aliphatic rings. The molecule has 0 aliphatic heterocycles. The highest BCUT2D eigenvalue weighted by molar-refractivity contribution is 8.00. The highest BCUT2D eigenvalue weighted by atomic mass is 32.2. The molecule has 2 aromatic rings. The fourth-order valence-corrected chi connectivity index (χ4v) is 4.63. The van der Waals surface area contributed by atoms with E-state index >= 15 is 0 Å². The highest BCUT2D eigenvalue weighted by Gasteiger charge is 2.22. The summed E-state index contributed by atoms with van der Waals surface area (Å²) >= 11 is 1.42. The lowest BCUT2D eigenvalue weighted by molar-refractivity contribution is -0.129. The number of aromatic nitrogens is 2. The maximum absolute atomic E-state index is 12.8. The van der Waals surface area contributed by atoms with E-state index in [1.54, 1.807) is 18.3 Å². The van der Waals surface area contributed by atoms with Gasteiger partial charge in [-0.3, -0.25) is 9.59 Å². The van der Waals surface area contributed by atoms with E-state index in [9.17, 15) is 9.59 Å². The summed E-state index contributed by atoms with van der Waals surface area (Å²) in [6.45, 7) is 0.310. The van der Waals surface area contributed by atoms with E-state index in [4.69, 9.17) is 0 Å². The first-order chi connectivity index (χ1) is 15.0. The summed E-state index contributed by atoms with van der Waals surface area (Å²) in [5.74, 6) is 0.865. The fraction of sp³-hybridized carbons (Fsp3) is 0.478. The molecule has 0 bridgehead atoms. The molecule has 1 fully saturated rings. The zero-order chi connectivity index (χ0) is 22.2. The SMILES string of the molecule is CN(C)c1nccc(CNC(=O)c2ccccc2SCC(=O)N(C)C2CCCCC2)n1. The van der Waals surface area contributed by atoms with Crippen LogP contribution in [0.2, 0.25) is 0 Å². The second-order valence-corrected chi connectivity index (χ2v) is 9.02. The molecule has 0 spiro atoms. The minimum Gasteiger partial charge on any atom is -0.347 e. The van der Waals surface area contributed by atoms with Crippen molar-refractivity contribution in [3.05, 3.63) is 47.8 Å². The largest absolute Gasteiger partial charge is 0.347 e. The number of carbonyl (C=O) groups is 2. The Morgan fingerprint density at radius 3 is 2.58 bits per heavy atom. The van der Waals surface area contributed by atoms with Crippen LogP contribution >= 0.6 is 11.8 Å². The summed E-state index contributed by atoms with van der Waals surface area (Å²) in [6, 6.07) is 9.54. The number of carbonyl (C=O) groups excluding carboxylic acids is 2. The van der Waals surface area contributed by atoms with E-state index in [-0.39, 0.29) is 11.8 Å². The third kappa shape index (κ3) is 6.43. The minimum absolute atomic E-state index is 0.115. The Kier molecular flexibility index (Phi) is 8.28. The number of nitrogens with zero attached hydrogens (tertiary/aromatic N) is 4. The molecule has 7 nitrogen and oxygen atoms in total. The number of amides is 2. The van der Waals surface area contributed by atoms with Gasteiger partial charge in [-0.25, -0.2) is 9.97 Å². The lowest BCUT2D eigenvalue weighted by Crippen LogP contribution is -2.39. The molecule has 1 aromatic heterocycles. The maximum Gasteiger partial charge on any atom is 0.252 e. The first kappa shape index (κ1) is 23.1. The predicted molar refractivity (Wildman–Crippen MR) is 124 cm³/mol. The molecule has 0 saturated heterocycles. The van der Waals surface area contributed by atoms with Crippen molar-refractivity contribution < 1.29 is 9.59 Å². The van der Waals surface area contributed by atoms with Crippen molar-refractivity contribution in [2.75, 3.05) is 31.8 Å². The number of anilines is 1. The molecule has 0 atom stereocenters. The van der Waals surface area contributed by atoms with Crippen LogP contribution in [0, 0.1) is 0 Å². The van der Waals surface area contributed by atoms with Gasteiger partial charge in [-0.1, -0.05) is 31.4 Å². The Balaban J connectivity index is 1.58. The van der Waals surface area contributed by atoms with E-state index in [1.165, 1.54) is 31.0 Å². The molecular weight excluding hydrogens is 410 g/mol. The molecule has 166 valence electrons. The summed E-state index contributed by atoms with van der Waals surface area (Å²) in [7, 11) is 5.65. The van der Waals surface area contributed by atoms with Crippen molar-refractivity contribution in [1.29, 1.82) is 0 Å². The predicted octanol–water partition coefficient (Wildman–Crippen LogP) is 3.36. The van der Waals surface area contributed by atoms with Crippen LogP contribution in [0.5, 0.6) is 0 Å². The minimum atomic E-state index is -0.179. The second kappa shape index (κ2) is 11.1. The van der Waals surface area contributed by atoms with Crippen LogP contribution in [0.25, 0.3) is 0 Å². The number of hydrogen-bond donors (Lipinski definition) is 1. The van der Waals surface area contributed by atoms with E-state index in [1.807, 2.05) is 49.1 Å². The maximum atomic E-state index is 12.8. The van der Waals surface area contributed by atoms with Crippen molar-refractivity contribution in [1.82, 2.24) is 20.2 Å². The third-order valence-corrected chi connectivity index (χ3v) is 6.59. The molecule has 0 unspecified atom stereocenters. The first-order valence-electron chi connectivity index (χ1n) is 10.7. The van der Waals surface area contributed by atoms with Crippen molar-refractivity contribution in [3.63, 3.8) is 0 Å². The third-order valence-electron chi connectivity index (χ3n) is 5.53. The lowest BCUT2D eigenvalue weighted by atomic mass is 9.94. The van der Waals surface area contributed by atoms with Crippen molar-refractivity contribution in [3.8, 4) is 0 Å². The van der Waals surface area contributed by atoms with Crippen LogP contribution in [0.15, 0.2) is 41.4 Å². The average molecular weight is 442 g/mol. The van der Waals surface area contributed by atoms with Crippen molar-refractivity contribution in [2.24, 2.45) is 0 Å². The number of benzene rings is 1. The number of nitrogens with one attached hydrogen (secondary N) is 1. The van der Waals surface area contributed by atoms with Gasteiger partial charge >= 0.3 is 0 Å². The summed E-state index contributed by atoms with van der Waals surface area (Å²) in [6.07, 6.45) is 7.51. The molecule has 1 N–H and O–H groups in total. The van der Waals surface area contributed by atoms with Crippen molar-refractivity contribution >= 4 is 29.5 Å². The van der Waals surface area contributed by atoms with Gasteiger partial charge in [-0.2, -0.15) is 0 Å². The van der Waals surface area contributed by atoms with E-state index in [0.29, 0.717) is 29.9 Å². The molecule has 8 heteroatoms. The molecule has 0 radical (unpaired) electrons. The van der Waals surface area contributed by atoms with Gasteiger partial charge in [0.15, 0.2) is 0 Å². The molecule has 2 amide bonds. The molecule has 1 aromatic carbocycles. The van der Waals surface area contributed by atoms with E-state index in [0.717, 1.165) is 23.4 Å². The average Bonchev–Trinajstić information content (AvgIpc) is 2.81. The zero-order valence-corrected chi connectivity index (χ0v) is 19.3. The molecule has 1 saturated carbocycles. The van der Waals surface area contributed by atoms with Gasteiger partial charge in [-0.05, 0) is 31.0 Å². The zero-order valence-electron chi connectivity index (χ0n) is 18.5. The molecule has 1 heterocycles. The van der Waals surface area contributed by atoms with Gasteiger partial charge in [0.05, 0.1) is 23.6 Å². The Bertz CT molecular complexity index is 899. The Morgan fingerprint density at radius 2 is 1.84 bits per heavy atom. The lowest BCUT2D eigenvalue weighted by Gasteiger charge is -2.31. The van der Waals surface area contributed by atoms with Gasteiger partial charge in [-0.15, -0.1) is 11.8 Å². The molecular formula is C23H31N5O2S. The summed E-state index contributed by atoms with van der Waals surface area (Å²) in [5, 5.41) is 2.93.